The van der Waals surface area contributed by atoms with Crippen molar-refractivity contribution in [3.63, 3.8) is 0 Å². The molecule has 0 unspecified atom stereocenters. The molecule has 6 bridgehead atoms. The number of likely N-dealkylation sites (tertiary alicyclic amines) is 1. The van der Waals surface area contributed by atoms with Gasteiger partial charge in [-0.1, -0.05) is 35.5 Å². The molecule has 3 aliphatic rings. The molecule has 1 N–H and O–H groups in total. The van der Waals surface area contributed by atoms with E-state index in [-0.39, 0.29) is 23.9 Å². The summed E-state index contributed by atoms with van der Waals surface area (Å²) in [4.78, 5) is 46.4. The van der Waals surface area contributed by atoms with Crippen molar-refractivity contribution in [2.24, 2.45) is 0 Å². The van der Waals surface area contributed by atoms with E-state index in [0.717, 1.165) is 23.2 Å². The molecular formula is C29H26N6O4. The van der Waals surface area contributed by atoms with E-state index in [9.17, 15) is 14.4 Å². The minimum absolute atomic E-state index is 0.0683. The Morgan fingerprint density at radius 1 is 1.05 bits per heavy atom. The first kappa shape index (κ1) is 23.4. The van der Waals surface area contributed by atoms with E-state index in [0.29, 0.717) is 43.1 Å². The summed E-state index contributed by atoms with van der Waals surface area (Å²) in [6.07, 6.45) is 4.50. The van der Waals surface area contributed by atoms with Crippen LogP contribution in [0.1, 0.15) is 46.1 Å². The third-order valence-corrected chi connectivity index (χ3v) is 8.00. The fourth-order valence-electron chi connectivity index (χ4n) is 6.31. The minimum Gasteiger partial charge on any atom is -0.494 e. The molecule has 4 aromatic rings. The average Bonchev–Trinajstić information content (AvgIpc) is 3.64. The van der Waals surface area contributed by atoms with Gasteiger partial charge in [-0.25, -0.2) is 0 Å². The van der Waals surface area contributed by atoms with Gasteiger partial charge >= 0.3 is 0 Å². The number of H-pyrrole nitrogens is 1. The molecule has 2 amide bonds. The molecule has 10 nitrogen and oxygen atoms in total. The number of aromatic nitrogens is 4. The number of aryl methyl sites for hydroxylation is 1. The first-order valence-electron chi connectivity index (χ1n) is 13.1. The first-order chi connectivity index (χ1) is 19.0. The predicted octanol–water partition coefficient (Wildman–Crippen LogP) is 2.82. The lowest BCUT2D eigenvalue weighted by molar-refractivity contribution is -0.124. The quantitative estimate of drug-likeness (QED) is 0.411. The van der Waals surface area contributed by atoms with E-state index in [1.54, 1.807) is 14.5 Å². The normalized spacial score (nSPS) is 21.9. The molecule has 2 aromatic heterocycles. The molecule has 1 spiro atoms. The highest BCUT2D eigenvalue weighted by atomic mass is 16.5. The van der Waals surface area contributed by atoms with Crippen LogP contribution in [0.5, 0.6) is 5.75 Å². The minimum atomic E-state index is -0.997. The second-order valence-corrected chi connectivity index (χ2v) is 10.2. The predicted molar refractivity (Wildman–Crippen MR) is 141 cm³/mol. The first-order valence-corrected chi connectivity index (χ1v) is 13.1. The Morgan fingerprint density at radius 3 is 2.82 bits per heavy atom. The van der Waals surface area contributed by atoms with Gasteiger partial charge in [0.25, 0.3) is 5.91 Å². The van der Waals surface area contributed by atoms with E-state index in [1.807, 2.05) is 54.7 Å². The van der Waals surface area contributed by atoms with Crippen LogP contribution in [-0.4, -0.2) is 49.8 Å². The number of amides is 2. The summed E-state index contributed by atoms with van der Waals surface area (Å²) in [5.41, 5.74) is 2.32. The van der Waals surface area contributed by atoms with E-state index < -0.39 is 11.5 Å². The zero-order valence-corrected chi connectivity index (χ0v) is 21.1. The number of carbonyl (C=O) groups excluding carboxylic acids is 2. The largest absolute Gasteiger partial charge is 0.494 e. The van der Waals surface area contributed by atoms with Gasteiger partial charge in [0.2, 0.25) is 11.5 Å². The highest BCUT2D eigenvalue weighted by Crippen LogP contribution is 2.57. The van der Waals surface area contributed by atoms with Crippen molar-refractivity contribution in [2.45, 2.75) is 37.4 Å². The standard InChI is InChI=1S/C29H26N6O4/c36-25-10-9-20(16-30-25)27(37)34-13-11-29-23-7-1-2-8-24(23)35(28(29)38)18-21-17-33(32-31-21)12-4-14-39-22-6-3-5-19(15-22)26(29)34/h1-3,5-10,15-17,26H,4,11-14,18H2,(H,30,36)/t26-,29+/m0/s1. The van der Waals surface area contributed by atoms with Crippen LogP contribution < -0.4 is 15.2 Å². The van der Waals surface area contributed by atoms with Crippen LogP contribution >= 0.6 is 0 Å². The van der Waals surface area contributed by atoms with Gasteiger partial charge in [0.1, 0.15) is 16.9 Å². The van der Waals surface area contributed by atoms with Gasteiger partial charge in [0.05, 0.1) is 31.0 Å². The summed E-state index contributed by atoms with van der Waals surface area (Å²) in [6, 6.07) is 17.8. The van der Waals surface area contributed by atoms with Crippen molar-refractivity contribution >= 4 is 17.5 Å². The number of benzene rings is 2. The van der Waals surface area contributed by atoms with Crippen molar-refractivity contribution in [2.75, 3.05) is 18.1 Å². The summed E-state index contributed by atoms with van der Waals surface area (Å²) >= 11 is 0. The maximum atomic E-state index is 14.6. The Bertz CT molecular complexity index is 1640. The number of rotatable bonds is 1. The molecule has 1 fully saturated rings. The number of nitrogens with one attached hydrogen (secondary N) is 1. The molecular weight excluding hydrogens is 496 g/mol. The molecule has 10 heteroatoms. The highest BCUT2D eigenvalue weighted by Gasteiger charge is 2.61. The van der Waals surface area contributed by atoms with Crippen LogP contribution in [0.2, 0.25) is 0 Å². The van der Waals surface area contributed by atoms with Crippen molar-refractivity contribution in [1.82, 2.24) is 24.9 Å². The number of carbonyl (C=O) groups is 2. The van der Waals surface area contributed by atoms with Gasteiger partial charge in [0, 0.05) is 37.5 Å². The van der Waals surface area contributed by atoms with Crippen LogP contribution in [0.4, 0.5) is 5.69 Å². The Labute approximate surface area is 223 Å². The molecule has 0 saturated carbocycles. The third-order valence-electron chi connectivity index (χ3n) is 8.00. The molecule has 39 heavy (non-hydrogen) atoms. The van der Waals surface area contributed by atoms with Gasteiger partial charge < -0.3 is 19.5 Å². The lowest BCUT2D eigenvalue weighted by Gasteiger charge is -2.35. The van der Waals surface area contributed by atoms with E-state index in [2.05, 4.69) is 15.3 Å². The smallest absolute Gasteiger partial charge is 0.255 e. The molecule has 0 aliphatic carbocycles. The molecule has 7 rings (SSSR count). The Morgan fingerprint density at radius 2 is 1.95 bits per heavy atom. The van der Waals surface area contributed by atoms with Crippen molar-refractivity contribution < 1.29 is 14.3 Å². The molecule has 0 radical (unpaired) electrons. The van der Waals surface area contributed by atoms with Crippen LogP contribution in [-0.2, 0) is 23.3 Å². The van der Waals surface area contributed by atoms with Gasteiger partial charge in [-0.2, -0.15) is 0 Å². The number of nitrogens with zero attached hydrogens (tertiary/aromatic N) is 5. The summed E-state index contributed by atoms with van der Waals surface area (Å²) in [7, 11) is 0. The summed E-state index contributed by atoms with van der Waals surface area (Å²) in [5, 5.41) is 8.58. The number of fused-ring (bicyclic) bond motifs is 8. The summed E-state index contributed by atoms with van der Waals surface area (Å²) in [6.45, 7) is 1.79. The molecule has 3 aliphatic heterocycles. The maximum Gasteiger partial charge on any atom is 0.255 e. The fourth-order valence-corrected chi connectivity index (χ4v) is 6.31. The molecule has 2 aromatic carbocycles. The van der Waals surface area contributed by atoms with Gasteiger partial charge in [-0.15, -0.1) is 5.10 Å². The SMILES string of the molecule is O=C(c1ccc(=O)[nH]c1)N1CC[C@]23C(=O)N(Cc4cn(nn4)CCCOc4cccc(c4)[C@H]12)c1ccccc13. The molecule has 2 atom stereocenters. The lowest BCUT2D eigenvalue weighted by atomic mass is 9.72. The number of ether oxygens (including phenoxy) is 1. The molecule has 5 heterocycles. The monoisotopic (exact) mass is 522 g/mol. The summed E-state index contributed by atoms with van der Waals surface area (Å²) in [5.74, 6) is 0.362. The van der Waals surface area contributed by atoms with Crippen LogP contribution in [0.15, 0.2) is 77.9 Å². The number of anilines is 1. The number of aromatic amines is 1. The van der Waals surface area contributed by atoms with Crippen LogP contribution in [0.25, 0.3) is 0 Å². The second-order valence-electron chi connectivity index (χ2n) is 10.2. The number of para-hydroxylation sites is 1. The Kier molecular flexibility index (Phi) is 5.36. The third kappa shape index (κ3) is 3.66. The number of pyridine rings is 1. The zero-order valence-electron chi connectivity index (χ0n) is 21.1. The Balaban J connectivity index is 1.42. The maximum absolute atomic E-state index is 14.6. The fraction of sp³-hybridized carbons (Fsp3) is 0.276. The highest BCUT2D eigenvalue weighted by molar-refractivity contribution is 6.10. The zero-order chi connectivity index (χ0) is 26.6. The molecule has 1 saturated heterocycles. The van der Waals surface area contributed by atoms with Crippen molar-refractivity contribution in [3.05, 3.63) is 106 Å². The van der Waals surface area contributed by atoms with E-state index >= 15 is 0 Å². The van der Waals surface area contributed by atoms with Crippen molar-refractivity contribution in [3.8, 4) is 5.75 Å². The number of hydrogen-bond donors (Lipinski definition) is 1. The van der Waals surface area contributed by atoms with Gasteiger partial charge in [0.15, 0.2) is 0 Å². The lowest BCUT2D eigenvalue weighted by Crippen LogP contribution is -2.45. The topological polar surface area (TPSA) is 113 Å². The van der Waals surface area contributed by atoms with E-state index in [4.69, 9.17) is 4.74 Å². The van der Waals surface area contributed by atoms with Gasteiger partial charge in [-0.05, 0) is 41.8 Å². The summed E-state index contributed by atoms with van der Waals surface area (Å²) < 4.78 is 7.86. The Hall–Kier alpha value is -4.73. The second kappa shape index (κ2) is 8.93. The van der Waals surface area contributed by atoms with Gasteiger partial charge in [-0.3, -0.25) is 19.1 Å². The van der Waals surface area contributed by atoms with E-state index in [1.165, 1.54) is 18.3 Å². The average molecular weight is 523 g/mol. The van der Waals surface area contributed by atoms with Crippen LogP contribution in [0, 0.1) is 0 Å². The van der Waals surface area contributed by atoms with Crippen LogP contribution in [0.3, 0.4) is 0 Å². The number of hydrogen-bond acceptors (Lipinski definition) is 6. The molecule has 196 valence electrons. The van der Waals surface area contributed by atoms with Crippen molar-refractivity contribution in [1.29, 1.82) is 0 Å².